The van der Waals surface area contributed by atoms with E-state index in [0.717, 1.165) is 50.5 Å². The molecule has 2 aromatic rings. The molecule has 1 aliphatic rings. The number of benzene rings is 1. The van der Waals surface area contributed by atoms with E-state index in [4.69, 9.17) is 10.5 Å². The van der Waals surface area contributed by atoms with Crippen LogP contribution in [0.3, 0.4) is 0 Å². The SMILES string of the molecule is CC(N)C(C)C(=O)Nc1ccc2c(ccn2CCN2CCOCC2)c1.Cl.Cl. The lowest BCUT2D eigenvalue weighted by atomic mass is 10.0. The molecular weight excluding hydrogens is 387 g/mol. The molecule has 3 rings (SSSR count). The van der Waals surface area contributed by atoms with Crippen LogP contribution in [0.25, 0.3) is 10.9 Å². The second-order valence-corrected chi connectivity index (χ2v) is 6.87. The van der Waals surface area contributed by atoms with Crippen molar-refractivity contribution in [1.29, 1.82) is 0 Å². The van der Waals surface area contributed by atoms with Gasteiger partial charge in [-0.2, -0.15) is 0 Å². The number of nitrogens with one attached hydrogen (secondary N) is 1. The topological polar surface area (TPSA) is 72.5 Å². The van der Waals surface area contributed by atoms with Crippen molar-refractivity contribution in [3.05, 3.63) is 30.5 Å². The molecule has 0 spiro atoms. The lowest BCUT2D eigenvalue weighted by molar-refractivity contribution is -0.119. The molecule has 1 amide bonds. The van der Waals surface area contributed by atoms with Crippen molar-refractivity contribution >= 4 is 47.3 Å². The van der Waals surface area contributed by atoms with Crippen LogP contribution in [0, 0.1) is 5.92 Å². The van der Waals surface area contributed by atoms with E-state index in [-0.39, 0.29) is 42.7 Å². The summed E-state index contributed by atoms with van der Waals surface area (Å²) in [6, 6.07) is 7.98. The molecule has 8 heteroatoms. The molecule has 2 heterocycles. The van der Waals surface area contributed by atoms with E-state index in [1.165, 1.54) is 5.52 Å². The Labute approximate surface area is 173 Å². The largest absolute Gasteiger partial charge is 0.379 e. The van der Waals surface area contributed by atoms with Crippen LogP contribution in [0.15, 0.2) is 30.5 Å². The Bertz CT molecular complexity index is 730. The Morgan fingerprint density at radius 1 is 1.19 bits per heavy atom. The summed E-state index contributed by atoms with van der Waals surface area (Å²) >= 11 is 0. The van der Waals surface area contributed by atoms with Gasteiger partial charge in [-0.15, -0.1) is 24.8 Å². The molecule has 1 fully saturated rings. The minimum atomic E-state index is -0.214. The van der Waals surface area contributed by atoms with Crippen LogP contribution < -0.4 is 11.1 Å². The number of hydrogen-bond acceptors (Lipinski definition) is 4. The lowest BCUT2D eigenvalue weighted by Crippen LogP contribution is -2.38. The van der Waals surface area contributed by atoms with Crippen molar-refractivity contribution in [2.24, 2.45) is 11.7 Å². The number of aromatic nitrogens is 1. The van der Waals surface area contributed by atoms with Gasteiger partial charge in [0.2, 0.25) is 5.91 Å². The van der Waals surface area contributed by atoms with Gasteiger partial charge < -0.3 is 20.4 Å². The number of carbonyl (C=O) groups is 1. The van der Waals surface area contributed by atoms with Crippen molar-refractivity contribution in [2.75, 3.05) is 38.2 Å². The summed E-state index contributed by atoms with van der Waals surface area (Å²) in [5, 5.41) is 4.09. The van der Waals surface area contributed by atoms with Crippen molar-refractivity contribution in [3.8, 4) is 0 Å². The number of anilines is 1. The van der Waals surface area contributed by atoms with Crippen LogP contribution >= 0.6 is 24.8 Å². The van der Waals surface area contributed by atoms with Crippen molar-refractivity contribution in [3.63, 3.8) is 0 Å². The molecule has 3 N–H and O–H groups in total. The van der Waals surface area contributed by atoms with Gasteiger partial charge >= 0.3 is 0 Å². The molecule has 152 valence electrons. The maximum Gasteiger partial charge on any atom is 0.228 e. The third kappa shape index (κ3) is 6.09. The number of halogens is 2. The number of fused-ring (bicyclic) bond motifs is 1. The molecule has 0 bridgehead atoms. The quantitative estimate of drug-likeness (QED) is 0.758. The number of ether oxygens (including phenoxy) is 1. The number of rotatable bonds is 6. The second kappa shape index (κ2) is 10.9. The average molecular weight is 417 g/mol. The maximum atomic E-state index is 12.2. The molecule has 2 atom stereocenters. The highest BCUT2D eigenvalue weighted by molar-refractivity contribution is 5.95. The highest BCUT2D eigenvalue weighted by Crippen LogP contribution is 2.21. The normalized spacial score (nSPS) is 16.9. The summed E-state index contributed by atoms with van der Waals surface area (Å²) < 4.78 is 7.66. The zero-order valence-electron chi connectivity index (χ0n) is 15.9. The van der Waals surface area contributed by atoms with Crippen LogP contribution in [0.2, 0.25) is 0 Å². The Morgan fingerprint density at radius 2 is 1.89 bits per heavy atom. The van der Waals surface area contributed by atoms with Crippen LogP contribution in [0.5, 0.6) is 0 Å². The van der Waals surface area contributed by atoms with E-state index < -0.39 is 0 Å². The molecule has 1 aromatic heterocycles. The lowest BCUT2D eigenvalue weighted by Gasteiger charge is -2.26. The first-order chi connectivity index (χ1) is 12.0. The van der Waals surface area contributed by atoms with Crippen molar-refractivity contribution < 1.29 is 9.53 Å². The predicted molar refractivity (Wildman–Crippen MR) is 115 cm³/mol. The fourth-order valence-electron chi connectivity index (χ4n) is 3.04. The van der Waals surface area contributed by atoms with E-state index >= 15 is 0 Å². The molecule has 0 radical (unpaired) electrons. The standard InChI is InChI=1S/C19H28N4O2.2ClH/c1-14(15(2)20)19(24)21-17-3-4-18-16(13-17)5-6-23(18)8-7-22-9-11-25-12-10-22;;/h3-6,13-15H,7-12,20H2,1-2H3,(H,21,24);2*1H. The van der Waals surface area contributed by atoms with Gasteiger partial charge in [0.25, 0.3) is 0 Å². The molecule has 0 aliphatic carbocycles. The van der Waals surface area contributed by atoms with Gasteiger partial charge in [-0.05, 0) is 31.2 Å². The minimum absolute atomic E-state index is 0. The number of morpholine rings is 1. The Hall–Kier alpha value is -1.31. The van der Waals surface area contributed by atoms with Gasteiger partial charge in [0.1, 0.15) is 0 Å². The predicted octanol–water partition coefficient (Wildman–Crippen LogP) is 2.74. The van der Waals surface area contributed by atoms with E-state index in [1.807, 2.05) is 26.0 Å². The van der Waals surface area contributed by atoms with E-state index in [9.17, 15) is 4.79 Å². The Balaban J connectivity index is 0.00000182. The summed E-state index contributed by atoms with van der Waals surface area (Å²) in [5.74, 6) is -0.255. The Morgan fingerprint density at radius 3 is 2.56 bits per heavy atom. The molecule has 0 saturated carbocycles. The van der Waals surface area contributed by atoms with Gasteiger partial charge in [-0.25, -0.2) is 0 Å². The summed E-state index contributed by atoms with van der Waals surface area (Å²) in [6.45, 7) is 9.35. The fourth-order valence-corrected chi connectivity index (χ4v) is 3.04. The van der Waals surface area contributed by atoms with Gasteiger partial charge in [0.05, 0.1) is 19.1 Å². The van der Waals surface area contributed by atoms with Crippen LogP contribution in [0.4, 0.5) is 5.69 Å². The molecule has 6 nitrogen and oxygen atoms in total. The van der Waals surface area contributed by atoms with Gasteiger partial charge in [0.15, 0.2) is 0 Å². The van der Waals surface area contributed by atoms with Crippen molar-refractivity contribution in [1.82, 2.24) is 9.47 Å². The molecule has 27 heavy (non-hydrogen) atoms. The zero-order chi connectivity index (χ0) is 17.8. The highest BCUT2D eigenvalue weighted by atomic mass is 35.5. The molecule has 2 unspecified atom stereocenters. The Kier molecular flexibility index (Phi) is 9.56. The van der Waals surface area contributed by atoms with Crippen LogP contribution in [-0.4, -0.2) is 54.3 Å². The van der Waals surface area contributed by atoms with Gasteiger partial charge in [-0.1, -0.05) is 6.92 Å². The zero-order valence-corrected chi connectivity index (χ0v) is 17.5. The van der Waals surface area contributed by atoms with Crippen LogP contribution in [-0.2, 0) is 16.1 Å². The third-order valence-electron chi connectivity index (χ3n) is 5.00. The fraction of sp³-hybridized carbons (Fsp3) is 0.526. The van der Waals surface area contributed by atoms with Gasteiger partial charge in [0, 0.05) is 55.0 Å². The molecule has 1 aliphatic heterocycles. The summed E-state index contributed by atoms with van der Waals surface area (Å²) in [7, 11) is 0. The first kappa shape index (κ1) is 23.7. The summed E-state index contributed by atoms with van der Waals surface area (Å²) in [6.07, 6.45) is 2.11. The van der Waals surface area contributed by atoms with E-state index in [2.05, 4.69) is 33.1 Å². The first-order valence-corrected chi connectivity index (χ1v) is 9.00. The molecular formula is C19H30Cl2N4O2. The van der Waals surface area contributed by atoms with Gasteiger partial charge in [-0.3, -0.25) is 9.69 Å². The summed E-state index contributed by atoms with van der Waals surface area (Å²) in [5.41, 5.74) is 7.81. The minimum Gasteiger partial charge on any atom is -0.379 e. The monoisotopic (exact) mass is 416 g/mol. The van der Waals surface area contributed by atoms with E-state index in [1.54, 1.807) is 0 Å². The molecule has 1 aromatic carbocycles. The number of carbonyl (C=O) groups excluding carboxylic acids is 1. The third-order valence-corrected chi connectivity index (χ3v) is 5.00. The maximum absolute atomic E-state index is 12.2. The second-order valence-electron chi connectivity index (χ2n) is 6.87. The smallest absolute Gasteiger partial charge is 0.228 e. The molecule has 1 saturated heterocycles. The highest BCUT2D eigenvalue weighted by Gasteiger charge is 2.17. The number of hydrogen-bond donors (Lipinski definition) is 2. The summed E-state index contributed by atoms with van der Waals surface area (Å²) in [4.78, 5) is 14.6. The number of nitrogens with two attached hydrogens (primary N) is 1. The number of nitrogens with zero attached hydrogens (tertiary/aromatic N) is 2. The van der Waals surface area contributed by atoms with Crippen LogP contribution in [0.1, 0.15) is 13.8 Å². The number of amides is 1. The van der Waals surface area contributed by atoms with E-state index in [0.29, 0.717) is 0 Å². The van der Waals surface area contributed by atoms with Crippen molar-refractivity contribution in [2.45, 2.75) is 26.4 Å². The first-order valence-electron chi connectivity index (χ1n) is 9.00. The average Bonchev–Trinajstić information content (AvgIpc) is 3.02.